The number of benzene rings is 1. The molecule has 7 nitrogen and oxygen atoms in total. The minimum atomic E-state index is -3.82. The van der Waals surface area contributed by atoms with Crippen LogP contribution in [-0.2, 0) is 10.0 Å². The molecule has 0 bridgehead atoms. The molecule has 0 spiro atoms. The van der Waals surface area contributed by atoms with E-state index in [-0.39, 0.29) is 16.9 Å². The molecule has 1 aliphatic heterocycles. The van der Waals surface area contributed by atoms with E-state index in [1.165, 1.54) is 18.3 Å². The first-order valence-corrected chi connectivity index (χ1v) is 12.3. The van der Waals surface area contributed by atoms with Gasteiger partial charge in [-0.1, -0.05) is 25.4 Å². The minimum Gasteiger partial charge on any atom is -0.434 e. The van der Waals surface area contributed by atoms with Crippen molar-refractivity contribution in [2.24, 2.45) is 5.92 Å². The SMILES string of the molecule is CC(C)[C@H]1CCCN1c1ncc(-c2ccc(C(=O)NS(C)(=O)=O)cc2OC(F)F)cc1Cl. The number of hydrogen-bond acceptors (Lipinski definition) is 6. The molecule has 1 fully saturated rings. The highest BCUT2D eigenvalue weighted by Gasteiger charge is 2.29. The molecule has 0 radical (unpaired) electrons. The van der Waals surface area contributed by atoms with Gasteiger partial charge in [0.05, 0.1) is 11.3 Å². The lowest BCUT2D eigenvalue weighted by Gasteiger charge is -2.29. The summed E-state index contributed by atoms with van der Waals surface area (Å²) < 4.78 is 55.0. The fourth-order valence-electron chi connectivity index (χ4n) is 3.86. The maximum absolute atomic E-state index is 13.0. The highest BCUT2D eigenvalue weighted by atomic mass is 35.5. The highest BCUT2D eigenvalue weighted by Crippen LogP contribution is 2.38. The Kier molecular flexibility index (Phi) is 7.24. The largest absolute Gasteiger partial charge is 0.434 e. The lowest BCUT2D eigenvalue weighted by molar-refractivity contribution is -0.0495. The molecule has 1 aliphatic rings. The van der Waals surface area contributed by atoms with Crippen LogP contribution >= 0.6 is 11.6 Å². The van der Waals surface area contributed by atoms with Gasteiger partial charge in [0.15, 0.2) is 0 Å². The van der Waals surface area contributed by atoms with Crippen molar-refractivity contribution < 1.29 is 26.7 Å². The van der Waals surface area contributed by atoms with Gasteiger partial charge < -0.3 is 9.64 Å². The first-order chi connectivity index (χ1) is 15.0. The van der Waals surface area contributed by atoms with Gasteiger partial charge >= 0.3 is 6.61 Å². The zero-order valence-electron chi connectivity index (χ0n) is 17.8. The smallest absolute Gasteiger partial charge is 0.387 e. The molecule has 1 N–H and O–H groups in total. The Hall–Kier alpha value is -2.46. The van der Waals surface area contributed by atoms with Crippen LogP contribution in [0.2, 0.25) is 5.02 Å². The molecule has 11 heteroatoms. The van der Waals surface area contributed by atoms with Crippen LogP contribution in [0.15, 0.2) is 30.5 Å². The fourth-order valence-corrected chi connectivity index (χ4v) is 4.59. The van der Waals surface area contributed by atoms with Crippen molar-refractivity contribution >= 4 is 33.3 Å². The number of nitrogens with zero attached hydrogens (tertiary/aromatic N) is 2. The van der Waals surface area contributed by atoms with Crippen molar-refractivity contribution in [1.29, 1.82) is 0 Å². The van der Waals surface area contributed by atoms with Gasteiger partial charge in [0, 0.05) is 35.5 Å². The van der Waals surface area contributed by atoms with Crippen LogP contribution in [0.5, 0.6) is 5.75 Å². The van der Waals surface area contributed by atoms with Gasteiger partial charge in [-0.3, -0.25) is 4.79 Å². The number of aromatic nitrogens is 1. The molecule has 0 unspecified atom stereocenters. The maximum Gasteiger partial charge on any atom is 0.387 e. The van der Waals surface area contributed by atoms with Gasteiger partial charge in [-0.2, -0.15) is 8.78 Å². The standard InChI is InChI=1S/C21H24ClF2N3O4S/c1-12(2)17-5-4-8-27(17)19-16(22)9-14(11-25-19)15-7-6-13(10-18(15)31-21(23)24)20(28)26-32(3,29)30/h6-7,9-12,17,21H,4-5,8H2,1-3H3,(H,26,28)/t17-/m1/s1. The quantitative estimate of drug-likeness (QED) is 0.625. The number of nitrogens with one attached hydrogen (secondary N) is 1. The van der Waals surface area contributed by atoms with E-state index in [2.05, 4.69) is 28.5 Å². The van der Waals surface area contributed by atoms with Crippen molar-refractivity contribution in [2.75, 3.05) is 17.7 Å². The molecular formula is C21H24ClF2N3O4S. The van der Waals surface area contributed by atoms with Crippen LogP contribution in [0.3, 0.4) is 0 Å². The minimum absolute atomic E-state index is 0.151. The summed E-state index contributed by atoms with van der Waals surface area (Å²) in [4.78, 5) is 18.8. The molecule has 3 rings (SSSR count). The monoisotopic (exact) mass is 487 g/mol. The molecule has 1 aromatic heterocycles. The molecule has 2 aromatic rings. The molecule has 1 atom stereocenters. The molecule has 0 aliphatic carbocycles. The summed E-state index contributed by atoms with van der Waals surface area (Å²) in [6.07, 6.45) is 4.41. The second kappa shape index (κ2) is 9.58. The Bertz CT molecular complexity index is 1110. The predicted octanol–water partition coefficient (Wildman–Crippen LogP) is 4.32. The van der Waals surface area contributed by atoms with Gasteiger partial charge in [0.1, 0.15) is 11.6 Å². The highest BCUT2D eigenvalue weighted by molar-refractivity contribution is 7.89. The van der Waals surface area contributed by atoms with Crippen molar-refractivity contribution in [3.05, 3.63) is 41.0 Å². The van der Waals surface area contributed by atoms with Crippen LogP contribution in [0.1, 0.15) is 37.0 Å². The summed E-state index contributed by atoms with van der Waals surface area (Å²) in [7, 11) is -3.82. The number of hydrogen-bond donors (Lipinski definition) is 1. The number of sulfonamides is 1. The fraction of sp³-hybridized carbons (Fsp3) is 0.429. The lowest BCUT2D eigenvalue weighted by atomic mass is 10.0. The van der Waals surface area contributed by atoms with Gasteiger partial charge in [0.25, 0.3) is 5.91 Å². The Labute approximate surface area is 190 Å². The lowest BCUT2D eigenvalue weighted by Crippen LogP contribution is -2.34. The zero-order chi connectivity index (χ0) is 23.6. The normalized spacial score (nSPS) is 16.6. The average Bonchev–Trinajstić information content (AvgIpc) is 3.16. The Morgan fingerprint density at radius 1 is 1.31 bits per heavy atom. The third-order valence-electron chi connectivity index (χ3n) is 5.21. The van der Waals surface area contributed by atoms with E-state index >= 15 is 0 Å². The summed E-state index contributed by atoms with van der Waals surface area (Å²) >= 11 is 6.52. The van der Waals surface area contributed by atoms with Crippen LogP contribution in [-0.4, -0.2) is 44.8 Å². The summed E-state index contributed by atoms with van der Waals surface area (Å²) in [6, 6.07) is 5.68. The molecule has 0 saturated carbocycles. The maximum atomic E-state index is 13.0. The molecule has 32 heavy (non-hydrogen) atoms. The number of anilines is 1. The van der Waals surface area contributed by atoms with Gasteiger partial charge in [-0.25, -0.2) is 18.1 Å². The zero-order valence-corrected chi connectivity index (χ0v) is 19.4. The number of pyridine rings is 1. The number of amides is 1. The van der Waals surface area contributed by atoms with E-state index in [1.54, 1.807) is 10.8 Å². The van der Waals surface area contributed by atoms with E-state index < -0.39 is 22.5 Å². The van der Waals surface area contributed by atoms with E-state index in [4.69, 9.17) is 11.6 Å². The van der Waals surface area contributed by atoms with Crippen LogP contribution in [0.25, 0.3) is 11.1 Å². The van der Waals surface area contributed by atoms with Crippen LogP contribution in [0, 0.1) is 5.92 Å². The Morgan fingerprint density at radius 2 is 2.03 bits per heavy atom. The topological polar surface area (TPSA) is 88.6 Å². The van der Waals surface area contributed by atoms with Crippen molar-refractivity contribution in [2.45, 2.75) is 39.3 Å². The third kappa shape index (κ3) is 5.66. The number of alkyl halides is 2. The predicted molar refractivity (Wildman–Crippen MR) is 119 cm³/mol. The summed E-state index contributed by atoms with van der Waals surface area (Å²) in [6.45, 7) is 1.96. The first kappa shape index (κ1) is 24.2. The van der Waals surface area contributed by atoms with Crippen LogP contribution < -0.4 is 14.4 Å². The summed E-state index contributed by atoms with van der Waals surface area (Å²) in [5.41, 5.74) is 0.510. The number of carbonyl (C=O) groups is 1. The Morgan fingerprint density at radius 3 is 2.62 bits per heavy atom. The molecule has 1 aromatic carbocycles. The number of halogens is 3. The van der Waals surface area contributed by atoms with Crippen molar-refractivity contribution in [3.8, 4) is 16.9 Å². The first-order valence-electron chi connectivity index (χ1n) is 10.00. The molecule has 1 amide bonds. The number of rotatable bonds is 7. The van der Waals surface area contributed by atoms with E-state index in [1.807, 2.05) is 0 Å². The van der Waals surface area contributed by atoms with Crippen LogP contribution in [0.4, 0.5) is 14.6 Å². The average molecular weight is 488 g/mol. The van der Waals surface area contributed by atoms with E-state index in [0.29, 0.717) is 28.4 Å². The Balaban J connectivity index is 1.97. The number of ether oxygens (including phenoxy) is 1. The van der Waals surface area contributed by atoms with Gasteiger partial charge in [-0.15, -0.1) is 0 Å². The molecule has 174 valence electrons. The van der Waals surface area contributed by atoms with Crippen molar-refractivity contribution in [1.82, 2.24) is 9.71 Å². The summed E-state index contributed by atoms with van der Waals surface area (Å²) in [5, 5.41) is 0.372. The van der Waals surface area contributed by atoms with Gasteiger partial charge in [0.2, 0.25) is 10.0 Å². The molecule has 1 saturated heterocycles. The second-order valence-corrected chi connectivity index (χ2v) is 10.1. The van der Waals surface area contributed by atoms with E-state index in [0.717, 1.165) is 31.7 Å². The molecular weight excluding hydrogens is 464 g/mol. The molecule has 2 heterocycles. The van der Waals surface area contributed by atoms with Gasteiger partial charge in [-0.05, 0) is 43.0 Å². The van der Waals surface area contributed by atoms with Crippen molar-refractivity contribution in [3.63, 3.8) is 0 Å². The third-order valence-corrected chi connectivity index (χ3v) is 6.05. The number of carbonyl (C=O) groups excluding carboxylic acids is 1. The summed E-state index contributed by atoms with van der Waals surface area (Å²) in [5.74, 6) is -0.203. The second-order valence-electron chi connectivity index (χ2n) is 7.97. The van der Waals surface area contributed by atoms with E-state index in [9.17, 15) is 22.0 Å².